The number of benzene rings is 1. The van der Waals surface area contributed by atoms with E-state index >= 15 is 0 Å². The third kappa shape index (κ3) is 1.67. The standard InChI is InChI=1S/C14H11BrN2/c1-10-6-5-9-17-13(15)12(16-14(10)17)11-7-3-2-4-8-11/h2-9H,1H3. The molecule has 3 heteroatoms. The van der Waals surface area contributed by atoms with Crippen LogP contribution in [0.25, 0.3) is 16.9 Å². The molecule has 0 radical (unpaired) electrons. The van der Waals surface area contributed by atoms with Crippen LogP contribution in [0.3, 0.4) is 0 Å². The molecule has 2 heterocycles. The van der Waals surface area contributed by atoms with Crippen LogP contribution in [0.5, 0.6) is 0 Å². The molecule has 2 aromatic heterocycles. The number of hydrogen-bond donors (Lipinski definition) is 0. The van der Waals surface area contributed by atoms with Gasteiger partial charge in [0.1, 0.15) is 15.9 Å². The molecule has 0 saturated heterocycles. The summed E-state index contributed by atoms with van der Waals surface area (Å²) in [4.78, 5) is 4.70. The predicted molar refractivity (Wildman–Crippen MR) is 73.1 cm³/mol. The summed E-state index contributed by atoms with van der Waals surface area (Å²) in [6.07, 6.45) is 2.02. The molecule has 3 aromatic rings. The third-order valence-corrected chi connectivity index (χ3v) is 3.59. The number of imidazole rings is 1. The first kappa shape index (κ1) is 10.5. The molecule has 0 unspecified atom stereocenters. The monoisotopic (exact) mass is 286 g/mol. The molecule has 0 N–H and O–H groups in total. The van der Waals surface area contributed by atoms with Crippen LogP contribution in [0.2, 0.25) is 0 Å². The summed E-state index contributed by atoms with van der Waals surface area (Å²) in [7, 11) is 0. The second-order valence-corrected chi connectivity index (χ2v) is 4.75. The van der Waals surface area contributed by atoms with Gasteiger partial charge in [0.05, 0.1) is 0 Å². The number of hydrogen-bond acceptors (Lipinski definition) is 1. The number of pyridine rings is 1. The highest BCUT2D eigenvalue weighted by atomic mass is 79.9. The Morgan fingerprint density at radius 3 is 2.53 bits per heavy atom. The number of aryl methyl sites for hydroxylation is 1. The lowest BCUT2D eigenvalue weighted by molar-refractivity contribution is 1.14. The van der Waals surface area contributed by atoms with Crippen LogP contribution >= 0.6 is 15.9 Å². The smallest absolute Gasteiger partial charge is 0.141 e. The van der Waals surface area contributed by atoms with Crippen molar-refractivity contribution in [3.05, 3.63) is 58.8 Å². The highest BCUT2D eigenvalue weighted by Gasteiger charge is 2.11. The van der Waals surface area contributed by atoms with E-state index in [0.29, 0.717) is 0 Å². The Morgan fingerprint density at radius 2 is 1.82 bits per heavy atom. The Kier molecular flexibility index (Phi) is 2.48. The minimum atomic E-state index is 0.986. The molecule has 0 aliphatic heterocycles. The van der Waals surface area contributed by atoms with Crippen molar-refractivity contribution >= 4 is 21.6 Å². The van der Waals surface area contributed by atoms with E-state index < -0.39 is 0 Å². The lowest BCUT2D eigenvalue weighted by atomic mass is 10.2. The van der Waals surface area contributed by atoms with Crippen molar-refractivity contribution in [3.63, 3.8) is 0 Å². The topological polar surface area (TPSA) is 17.3 Å². The molecule has 0 aliphatic rings. The van der Waals surface area contributed by atoms with Gasteiger partial charge in [-0.1, -0.05) is 36.4 Å². The lowest BCUT2D eigenvalue weighted by Gasteiger charge is -1.97. The Hall–Kier alpha value is -1.61. The highest BCUT2D eigenvalue weighted by molar-refractivity contribution is 9.10. The van der Waals surface area contributed by atoms with Crippen LogP contribution in [0, 0.1) is 6.92 Å². The quantitative estimate of drug-likeness (QED) is 0.659. The van der Waals surface area contributed by atoms with Crippen LogP contribution < -0.4 is 0 Å². The molecule has 17 heavy (non-hydrogen) atoms. The maximum absolute atomic E-state index is 4.70. The number of fused-ring (bicyclic) bond motifs is 1. The van der Waals surface area contributed by atoms with Gasteiger partial charge in [0.25, 0.3) is 0 Å². The summed E-state index contributed by atoms with van der Waals surface area (Å²) < 4.78 is 3.07. The van der Waals surface area contributed by atoms with E-state index in [9.17, 15) is 0 Å². The third-order valence-electron chi connectivity index (χ3n) is 2.83. The number of halogens is 1. The van der Waals surface area contributed by atoms with Gasteiger partial charge in [-0.25, -0.2) is 4.98 Å². The van der Waals surface area contributed by atoms with E-state index in [1.807, 2.05) is 30.5 Å². The van der Waals surface area contributed by atoms with Crippen molar-refractivity contribution < 1.29 is 0 Å². The van der Waals surface area contributed by atoms with Crippen LogP contribution in [-0.4, -0.2) is 9.38 Å². The van der Waals surface area contributed by atoms with Gasteiger partial charge < -0.3 is 0 Å². The second-order valence-electron chi connectivity index (χ2n) is 4.00. The maximum Gasteiger partial charge on any atom is 0.141 e. The first-order valence-electron chi connectivity index (χ1n) is 5.46. The van der Waals surface area contributed by atoms with Crippen molar-refractivity contribution in [3.8, 4) is 11.3 Å². The summed E-state index contributed by atoms with van der Waals surface area (Å²) in [6, 6.07) is 14.3. The number of nitrogens with zero attached hydrogens (tertiary/aromatic N) is 2. The molecule has 1 aromatic carbocycles. The largest absolute Gasteiger partial charge is 0.293 e. The Morgan fingerprint density at radius 1 is 1.06 bits per heavy atom. The summed E-state index contributed by atoms with van der Waals surface area (Å²) in [5.74, 6) is 0. The summed E-state index contributed by atoms with van der Waals surface area (Å²) in [6.45, 7) is 2.07. The van der Waals surface area contributed by atoms with E-state index in [1.54, 1.807) is 0 Å². The van der Waals surface area contributed by atoms with Gasteiger partial charge >= 0.3 is 0 Å². The predicted octanol–water partition coefficient (Wildman–Crippen LogP) is 4.07. The van der Waals surface area contributed by atoms with Crippen molar-refractivity contribution in [2.45, 2.75) is 6.92 Å². The molecule has 0 spiro atoms. The minimum Gasteiger partial charge on any atom is -0.293 e. The molecule has 0 fully saturated rings. The first-order valence-corrected chi connectivity index (χ1v) is 6.25. The zero-order valence-corrected chi connectivity index (χ0v) is 11.0. The van der Waals surface area contributed by atoms with E-state index in [2.05, 4.69) is 45.5 Å². The van der Waals surface area contributed by atoms with E-state index in [4.69, 9.17) is 4.98 Å². The molecule has 0 aliphatic carbocycles. The van der Waals surface area contributed by atoms with Gasteiger partial charge in [0.2, 0.25) is 0 Å². The minimum absolute atomic E-state index is 0.986. The zero-order chi connectivity index (χ0) is 11.8. The van der Waals surface area contributed by atoms with Gasteiger partial charge in [-0.3, -0.25) is 4.40 Å². The van der Waals surface area contributed by atoms with Crippen molar-refractivity contribution in [1.82, 2.24) is 9.38 Å². The van der Waals surface area contributed by atoms with Crippen molar-refractivity contribution in [2.24, 2.45) is 0 Å². The van der Waals surface area contributed by atoms with Crippen LogP contribution in [-0.2, 0) is 0 Å². The van der Waals surface area contributed by atoms with E-state index in [-0.39, 0.29) is 0 Å². The molecule has 0 amide bonds. The van der Waals surface area contributed by atoms with E-state index in [0.717, 1.165) is 21.5 Å². The fourth-order valence-electron chi connectivity index (χ4n) is 1.95. The van der Waals surface area contributed by atoms with Crippen LogP contribution in [0.4, 0.5) is 0 Å². The zero-order valence-electron chi connectivity index (χ0n) is 9.39. The Balaban J connectivity index is 2.32. The average molecular weight is 287 g/mol. The van der Waals surface area contributed by atoms with Crippen LogP contribution in [0.1, 0.15) is 5.56 Å². The highest BCUT2D eigenvalue weighted by Crippen LogP contribution is 2.29. The SMILES string of the molecule is Cc1cccn2c(Br)c(-c3ccccc3)nc12. The number of aromatic nitrogens is 2. The molecule has 0 saturated carbocycles. The van der Waals surface area contributed by atoms with Gasteiger partial charge in [-0.05, 0) is 34.5 Å². The second kappa shape index (κ2) is 4.00. The Labute approximate surface area is 108 Å². The fraction of sp³-hybridized carbons (Fsp3) is 0.0714. The van der Waals surface area contributed by atoms with Gasteiger partial charge in [-0.2, -0.15) is 0 Å². The van der Waals surface area contributed by atoms with Crippen LogP contribution in [0.15, 0.2) is 53.3 Å². The molecule has 84 valence electrons. The molecule has 0 atom stereocenters. The number of rotatable bonds is 1. The van der Waals surface area contributed by atoms with Crippen molar-refractivity contribution in [2.75, 3.05) is 0 Å². The lowest BCUT2D eigenvalue weighted by Crippen LogP contribution is -1.85. The molecule has 2 nitrogen and oxygen atoms in total. The Bertz CT molecular complexity index is 671. The molecular weight excluding hydrogens is 276 g/mol. The van der Waals surface area contributed by atoms with Gasteiger partial charge in [-0.15, -0.1) is 0 Å². The van der Waals surface area contributed by atoms with Gasteiger partial charge in [0, 0.05) is 11.8 Å². The van der Waals surface area contributed by atoms with Gasteiger partial charge in [0.15, 0.2) is 0 Å². The molecule has 0 bridgehead atoms. The van der Waals surface area contributed by atoms with E-state index in [1.165, 1.54) is 5.56 Å². The maximum atomic E-state index is 4.70. The summed E-state index contributed by atoms with van der Waals surface area (Å²) >= 11 is 3.62. The first-order chi connectivity index (χ1) is 8.27. The summed E-state index contributed by atoms with van der Waals surface area (Å²) in [5.41, 5.74) is 4.29. The molecular formula is C14H11BrN2. The average Bonchev–Trinajstić information content (AvgIpc) is 2.70. The van der Waals surface area contributed by atoms with Crippen molar-refractivity contribution in [1.29, 1.82) is 0 Å². The molecule has 3 rings (SSSR count). The fourth-order valence-corrected chi connectivity index (χ4v) is 2.56. The normalized spacial score (nSPS) is 10.9. The summed E-state index contributed by atoms with van der Waals surface area (Å²) in [5, 5.41) is 0.